The van der Waals surface area contributed by atoms with E-state index in [1.165, 1.54) is 6.08 Å². The van der Waals surface area contributed by atoms with Crippen molar-refractivity contribution >= 4 is 23.6 Å². The van der Waals surface area contributed by atoms with E-state index in [9.17, 15) is 4.79 Å². The zero-order valence-electron chi connectivity index (χ0n) is 12.1. The summed E-state index contributed by atoms with van der Waals surface area (Å²) in [6, 6.07) is 7.46. The fraction of sp³-hybridized carbons (Fsp3) is 0.438. The molecule has 2 N–H and O–H groups in total. The van der Waals surface area contributed by atoms with Gasteiger partial charge in [-0.2, -0.15) is 0 Å². The molecule has 0 bridgehead atoms. The highest BCUT2D eigenvalue weighted by atomic mass is 35.5. The lowest BCUT2D eigenvalue weighted by Crippen LogP contribution is -3.14. The number of ether oxygens (including phenoxy) is 1. The fourth-order valence-electron chi connectivity index (χ4n) is 2.29. The molecule has 1 heterocycles. The number of benzene rings is 1. The summed E-state index contributed by atoms with van der Waals surface area (Å²) in [5.74, 6) is -0.0769. The van der Waals surface area contributed by atoms with E-state index in [1.54, 1.807) is 11.0 Å². The maximum atomic E-state index is 11.7. The van der Waals surface area contributed by atoms with E-state index in [0.717, 1.165) is 44.8 Å². The number of halogens is 1. The first-order valence-corrected chi connectivity index (χ1v) is 7.75. The molecule has 1 aromatic carbocycles. The molecule has 1 aliphatic rings. The number of nitrogens with one attached hydrogen (secondary N) is 2. The molecule has 1 aliphatic heterocycles. The molecule has 0 spiro atoms. The lowest BCUT2D eigenvalue weighted by molar-refractivity contribution is -0.908. The van der Waals surface area contributed by atoms with Crippen LogP contribution < -0.4 is 10.2 Å². The molecular weight excluding hydrogens is 288 g/mol. The van der Waals surface area contributed by atoms with Crippen LogP contribution in [0, 0.1) is 0 Å². The molecule has 0 aromatic heterocycles. The van der Waals surface area contributed by atoms with Crippen molar-refractivity contribution in [2.75, 3.05) is 39.4 Å². The number of carbonyl (C=O) groups is 1. The van der Waals surface area contributed by atoms with Crippen LogP contribution >= 0.6 is 11.6 Å². The third kappa shape index (κ3) is 5.87. The van der Waals surface area contributed by atoms with Gasteiger partial charge in [0.15, 0.2) is 0 Å². The van der Waals surface area contributed by atoms with Gasteiger partial charge in [-0.05, 0) is 17.7 Å². The molecule has 5 heteroatoms. The first-order chi connectivity index (χ1) is 10.3. The van der Waals surface area contributed by atoms with Crippen LogP contribution in [0.3, 0.4) is 0 Å². The molecule has 1 saturated heterocycles. The highest BCUT2D eigenvalue weighted by molar-refractivity contribution is 6.32. The maximum absolute atomic E-state index is 11.7. The Kier molecular flexibility index (Phi) is 6.73. The van der Waals surface area contributed by atoms with Crippen LogP contribution in [0.2, 0.25) is 5.02 Å². The molecule has 0 aliphatic carbocycles. The zero-order chi connectivity index (χ0) is 14.9. The molecular formula is C16H22ClN2O2+. The van der Waals surface area contributed by atoms with Gasteiger partial charge in [0.1, 0.15) is 13.1 Å². The number of morpholine rings is 1. The molecule has 0 unspecified atom stereocenters. The Balaban J connectivity index is 1.64. The third-order valence-electron chi connectivity index (χ3n) is 3.53. The first-order valence-electron chi connectivity index (χ1n) is 7.37. The topological polar surface area (TPSA) is 42.8 Å². The van der Waals surface area contributed by atoms with E-state index < -0.39 is 0 Å². The highest BCUT2D eigenvalue weighted by Crippen LogP contribution is 2.15. The summed E-state index contributed by atoms with van der Waals surface area (Å²) in [4.78, 5) is 13.3. The molecule has 0 atom stereocenters. The van der Waals surface area contributed by atoms with Crippen molar-refractivity contribution < 1.29 is 14.4 Å². The van der Waals surface area contributed by atoms with Crippen LogP contribution in [0.5, 0.6) is 0 Å². The lowest BCUT2D eigenvalue weighted by atomic mass is 10.2. The average Bonchev–Trinajstić information content (AvgIpc) is 2.52. The zero-order valence-corrected chi connectivity index (χ0v) is 12.9. The van der Waals surface area contributed by atoms with E-state index in [0.29, 0.717) is 11.6 Å². The second-order valence-electron chi connectivity index (χ2n) is 5.11. The predicted molar refractivity (Wildman–Crippen MR) is 84.5 cm³/mol. The van der Waals surface area contributed by atoms with Gasteiger partial charge in [-0.3, -0.25) is 4.79 Å². The minimum absolute atomic E-state index is 0.0769. The summed E-state index contributed by atoms with van der Waals surface area (Å²) in [6.07, 6.45) is 4.26. The standard InChI is InChI=1S/C16H21ClN2O2/c17-15-5-2-1-4-14(15)6-7-16(20)18-8-3-9-19-10-12-21-13-11-19/h1-2,4-7H,3,8-13H2,(H,18,20)/p+1/b7-6+. The normalized spacial score (nSPS) is 16.2. The minimum atomic E-state index is -0.0769. The van der Waals surface area contributed by atoms with Crippen molar-refractivity contribution in [3.05, 3.63) is 40.9 Å². The second kappa shape index (κ2) is 8.82. The summed E-state index contributed by atoms with van der Waals surface area (Å²) < 4.78 is 5.32. The van der Waals surface area contributed by atoms with Crippen molar-refractivity contribution in [3.8, 4) is 0 Å². The number of carbonyl (C=O) groups excluding carboxylic acids is 1. The van der Waals surface area contributed by atoms with Crippen LogP contribution in [0.4, 0.5) is 0 Å². The van der Waals surface area contributed by atoms with Gasteiger partial charge in [0.25, 0.3) is 0 Å². The monoisotopic (exact) mass is 309 g/mol. The van der Waals surface area contributed by atoms with Crippen molar-refractivity contribution in [1.82, 2.24) is 5.32 Å². The van der Waals surface area contributed by atoms with Crippen LogP contribution in [0.1, 0.15) is 12.0 Å². The molecule has 4 nitrogen and oxygen atoms in total. The summed E-state index contributed by atoms with van der Waals surface area (Å²) in [5, 5.41) is 3.55. The number of hydrogen-bond donors (Lipinski definition) is 2. The Morgan fingerprint density at radius 2 is 2.10 bits per heavy atom. The van der Waals surface area contributed by atoms with E-state index in [2.05, 4.69) is 5.32 Å². The Labute approximate surface area is 130 Å². The van der Waals surface area contributed by atoms with Crippen LogP contribution in [-0.4, -0.2) is 45.3 Å². The predicted octanol–water partition coefficient (Wildman–Crippen LogP) is 0.775. The van der Waals surface area contributed by atoms with Crippen LogP contribution in [0.25, 0.3) is 6.08 Å². The Morgan fingerprint density at radius 3 is 2.86 bits per heavy atom. The molecule has 21 heavy (non-hydrogen) atoms. The fourth-order valence-corrected chi connectivity index (χ4v) is 2.49. The van der Waals surface area contributed by atoms with Gasteiger partial charge >= 0.3 is 0 Å². The van der Waals surface area contributed by atoms with E-state index in [4.69, 9.17) is 16.3 Å². The van der Waals surface area contributed by atoms with Gasteiger partial charge in [-0.1, -0.05) is 29.8 Å². The van der Waals surface area contributed by atoms with Gasteiger partial charge in [0, 0.05) is 24.1 Å². The van der Waals surface area contributed by atoms with Crippen molar-refractivity contribution in [3.63, 3.8) is 0 Å². The first kappa shape index (κ1) is 16.0. The smallest absolute Gasteiger partial charge is 0.244 e. The second-order valence-corrected chi connectivity index (χ2v) is 5.52. The Morgan fingerprint density at radius 1 is 1.33 bits per heavy atom. The Hall–Kier alpha value is -1.36. The number of quaternary nitrogens is 1. The Bertz CT molecular complexity index is 485. The van der Waals surface area contributed by atoms with Gasteiger partial charge in [0.2, 0.25) is 5.91 Å². The van der Waals surface area contributed by atoms with Crippen LogP contribution in [0.15, 0.2) is 30.3 Å². The van der Waals surface area contributed by atoms with E-state index in [1.807, 2.05) is 24.3 Å². The summed E-state index contributed by atoms with van der Waals surface area (Å²) >= 11 is 6.02. The largest absolute Gasteiger partial charge is 0.370 e. The van der Waals surface area contributed by atoms with Gasteiger partial charge in [-0.15, -0.1) is 0 Å². The molecule has 1 fully saturated rings. The SMILES string of the molecule is O=C(/C=C/c1ccccc1Cl)NCCC[NH+]1CCOCC1. The van der Waals surface area contributed by atoms with Gasteiger partial charge in [0.05, 0.1) is 19.8 Å². The van der Waals surface area contributed by atoms with Gasteiger partial charge in [-0.25, -0.2) is 0 Å². The lowest BCUT2D eigenvalue weighted by Gasteiger charge is -2.23. The average molecular weight is 310 g/mol. The summed E-state index contributed by atoms with van der Waals surface area (Å²) in [7, 11) is 0. The minimum Gasteiger partial charge on any atom is -0.370 e. The molecule has 2 rings (SSSR count). The molecule has 0 radical (unpaired) electrons. The maximum Gasteiger partial charge on any atom is 0.244 e. The summed E-state index contributed by atoms with van der Waals surface area (Å²) in [5.41, 5.74) is 0.854. The molecule has 0 saturated carbocycles. The van der Waals surface area contributed by atoms with Crippen molar-refractivity contribution in [2.45, 2.75) is 6.42 Å². The molecule has 1 aromatic rings. The van der Waals surface area contributed by atoms with Crippen molar-refractivity contribution in [2.24, 2.45) is 0 Å². The van der Waals surface area contributed by atoms with Crippen molar-refractivity contribution in [1.29, 1.82) is 0 Å². The van der Waals surface area contributed by atoms with Crippen LogP contribution in [-0.2, 0) is 9.53 Å². The number of amides is 1. The molecule has 1 amide bonds. The quantitative estimate of drug-likeness (QED) is 0.602. The highest BCUT2D eigenvalue weighted by Gasteiger charge is 2.12. The summed E-state index contributed by atoms with van der Waals surface area (Å²) in [6.45, 7) is 5.62. The number of hydrogen-bond acceptors (Lipinski definition) is 2. The van der Waals surface area contributed by atoms with E-state index in [-0.39, 0.29) is 5.91 Å². The van der Waals surface area contributed by atoms with E-state index >= 15 is 0 Å². The van der Waals surface area contributed by atoms with Gasteiger partial charge < -0.3 is 15.0 Å². The third-order valence-corrected chi connectivity index (χ3v) is 3.87. The molecule has 114 valence electrons. The number of rotatable bonds is 6.